The van der Waals surface area contributed by atoms with E-state index in [2.05, 4.69) is 0 Å². The molecule has 0 unspecified atom stereocenters. The van der Waals surface area contributed by atoms with E-state index in [1.807, 2.05) is 0 Å². The summed E-state index contributed by atoms with van der Waals surface area (Å²) >= 11 is 0. The van der Waals surface area contributed by atoms with Gasteiger partial charge in [0.15, 0.2) is 0 Å². The van der Waals surface area contributed by atoms with Crippen LogP contribution in [0.5, 0.6) is 0 Å². The van der Waals surface area contributed by atoms with Crippen LogP contribution in [0.1, 0.15) is 13.3 Å². The third-order valence-electron chi connectivity index (χ3n) is 1.73. The highest BCUT2D eigenvalue weighted by molar-refractivity contribution is 5.79. The van der Waals surface area contributed by atoms with Crippen molar-refractivity contribution < 1.29 is 18.7 Å². The molecule has 2 nitrogen and oxygen atoms in total. The van der Waals surface area contributed by atoms with E-state index >= 15 is 0 Å². The molecule has 0 aromatic carbocycles. The Bertz CT molecular complexity index is 166. The molecule has 4 heteroatoms. The van der Waals surface area contributed by atoms with Crippen LogP contribution in [0.3, 0.4) is 0 Å². The van der Waals surface area contributed by atoms with E-state index < -0.39 is 23.7 Å². The maximum absolute atomic E-state index is 12.1. The predicted molar refractivity (Wildman–Crippen MR) is 25.3 cm³/mol. The van der Waals surface area contributed by atoms with Crippen LogP contribution in [0.25, 0.3) is 0 Å². The fraction of sp³-hybridized carbons (Fsp3) is 0.800. The van der Waals surface area contributed by atoms with Gasteiger partial charge in [-0.25, -0.2) is 8.78 Å². The molecule has 1 saturated carbocycles. The third kappa shape index (κ3) is 0.620. The van der Waals surface area contributed by atoms with Gasteiger partial charge in [0.25, 0.3) is 5.92 Å². The molecular weight excluding hydrogens is 130 g/mol. The first-order valence-corrected chi connectivity index (χ1v) is 2.51. The van der Waals surface area contributed by atoms with Crippen molar-refractivity contribution in [3.63, 3.8) is 0 Å². The molecule has 0 saturated heterocycles. The summed E-state index contributed by atoms with van der Waals surface area (Å²) in [4.78, 5) is 10.0. The van der Waals surface area contributed by atoms with E-state index in [4.69, 9.17) is 5.11 Å². The third-order valence-corrected chi connectivity index (χ3v) is 1.73. The van der Waals surface area contributed by atoms with E-state index in [-0.39, 0.29) is 0 Å². The van der Waals surface area contributed by atoms with Gasteiger partial charge in [0.1, 0.15) is 5.41 Å². The molecule has 1 aliphatic carbocycles. The van der Waals surface area contributed by atoms with Crippen LogP contribution in [0.4, 0.5) is 8.78 Å². The minimum atomic E-state index is -2.97. The maximum Gasteiger partial charge on any atom is 0.315 e. The number of aliphatic carboxylic acids is 1. The Labute approximate surface area is 50.5 Å². The Morgan fingerprint density at radius 3 is 2.00 bits per heavy atom. The molecule has 0 radical (unpaired) electrons. The van der Waals surface area contributed by atoms with E-state index in [9.17, 15) is 13.6 Å². The Morgan fingerprint density at radius 2 is 2.00 bits per heavy atom. The lowest BCUT2D eigenvalue weighted by Gasteiger charge is -2.00. The minimum absolute atomic E-state index is 0.519. The first-order valence-electron chi connectivity index (χ1n) is 2.51. The standard InChI is InChI=1S/C5H6F2O2/c1-4(3(8)9)2-5(4,6)7/h2H2,1H3,(H,8,9)/t4-/m1/s1. The molecule has 0 amide bonds. The zero-order valence-electron chi connectivity index (χ0n) is 4.82. The molecule has 1 N–H and O–H groups in total. The highest BCUT2D eigenvalue weighted by Crippen LogP contribution is 2.60. The van der Waals surface area contributed by atoms with Crippen molar-refractivity contribution in [2.75, 3.05) is 0 Å². The summed E-state index contributed by atoms with van der Waals surface area (Å²) in [6, 6.07) is 0. The molecule has 0 spiro atoms. The van der Waals surface area contributed by atoms with Gasteiger partial charge in [0, 0.05) is 6.42 Å². The molecule has 52 valence electrons. The lowest BCUT2D eigenvalue weighted by Crippen LogP contribution is -2.17. The quantitative estimate of drug-likeness (QED) is 0.586. The summed E-state index contributed by atoms with van der Waals surface area (Å²) in [6.07, 6.45) is -0.519. The molecule has 9 heavy (non-hydrogen) atoms. The molecule has 1 aliphatic rings. The first kappa shape index (κ1) is 6.45. The van der Waals surface area contributed by atoms with Crippen LogP contribution in [0.2, 0.25) is 0 Å². The van der Waals surface area contributed by atoms with E-state index in [0.29, 0.717) is 0 Å². The number of halogens is 2. The zero-order valence-corrected chi connectivity index (χ0v) is 4.82. The number of alkyl halides is 2. The summed E-state index contributed by atoms with van der Waals surface area (Å²) in [5, 5.41) is 8.17. The second-order valence-corrected chi connectivity index (χ2v) is 2.52. The van der Waals surface area contributed by atoms with Gasteiger partial charge in [0.2, 0.25) is 0 Å². The molecule has 0 aliphatic heterocycles. The van der Waals surface area contributed by atoms with Crippen molar-refractivity contribution in [3.05, 3.63) is 0 Å². The summed E-state index contributed by atoms with van der Waals surface area (Å²) in [5.41, 5.74) is -1.77. The average molecular weight is 136 g/mol. The number of carbonyl (C=O) groups is 1. The minimum Gasteiger partial charge on any atom is -0.481 e. The van der Waals surface area contributed by atoms with Gasteiger partial charge < -0.3 is 5.11 Å². The fourth-order valence-corrected chi connectivity index (χ4v) is 0.632. The van der Waals surface area contributed by atoms with Crippen LogP contribution < -0.4 is 0 Å². The zero-order chi connectivity index (χ0) is 7.28. The number of rotatable bonds is 1. The SMILES string of the molecule is C[C@]1(C(=O)O)CC1(F)F. The van der Waals surface area contributed by atoms with Crippen molar-refractivity contribution in [2.24, 2.45) is 5.41 Å². The van der Waals surface area contributed by atoms with Crippen LogP contribution in [0, 0.1) is 5.41 Å². The average Bonchev–Trinajstić information content (AvgIpc) is 2.08. The largest absolute Gasteiger partial charge is 0.481 e. The molecule has 1 atom stereocenters. The van der Waals surface area contributed by atoms with Crippen LogP contribution in [-0.4, -0.2) is 17.0 Å². The van der Waals surface area contributed by atoms with Gasteiger partial charge in [-0.05, 0) is 6.92 Å². The van der Waals surface area contributed by atoms with E-state index in [1.54, 1.807) is 0 Å². The maximum atomic E-state index is 12.1. The second kappa shape index (κ2) is 1.25. The van der Waals surface area contributed by atoms with Gasteiger partial charge in [0.05, 0.1) is 0 Å². The van der Waals surface area contributed by atoms with E-state index in [0.717, 1.165) is 6.92 Å². The number of carboxylic acids is 1. The first-order chi connectivity index (χ1) is 3.90. The highest BCUT2D eigenvalue weighted by Gasteiger charge is 2.73. The molecule has 1 fully saturated rings. The fourth-order valence-electron chi connectivity index (χ4n) is 0.632. The summed E-state index contributed by atoms with van der Waals surface area (Å²) in [7, 11) is 0. The molecule has 0 heterocycles. The normalized spacial score (nSPS) is 38.1. The number of hydrogen-bond donors (Lipinski definition) is 1. The smallest absolute Gasteiger partial charge is 0.315 e. The van der Waals surface area contributed by atoms with Gasteiger partial charge >= 0.3 is 5.97 Å². The molecule has 0 aromatic rings. The summed E-state index contributed by atoms with van der Waals surface area (Å²) in [6.45, 7) is 1.05. The van der Waals surface area contributed by atoms with Gasteiger partial charge in [-0.15, -0.1) is 0 Å². The molecule has 0 bridgehead atoms. The van der Waals surface area contributed by atoms with Crippen LogP contribution >= 0.6 is 0 Å². The Balaban J connectivity index is 2.74. The van der Waals surface area contributed by atoms with Gasteiger partial charge in [-0.1, -0.05) is 0 Å². The van der Waals surface area contributed by atoms with Gasteiger partial charge in [-0.3, -0.25) is 4.79 Å². The summed E-state index contributed by atoms with van der Waals surface area (Å²) < 4.78 is 24.1. The second-order valence-electron chi connectivity index (χ2n) is 2.52. The lowest BCUT2D eigenvalue weighted by atomic mass is 10.1. The Hall–Kier alpha value is -0.670. The van der Waals surface area contributed by atoms with Crippen molar-refractivity contribution in [2.45, 2.75) is 19.3 Å². The van der Waals surface area contributed by atoms with Crippen molar-refractivity contribution in [1.29, 1.82) is 0 Å². The van der Waals surface area contributed by atoms with E-state index in [1.165, 1.54) is 0 Å². The van der Waals surface area contributed by atoms with Crippen LogP contribution in [0.15, 0.2) is 0 Å². The highest BCUT2D eigenvalue weighted by atomic mass is 19.3. The van der Waals surface area contributed by atoms with Crippen molar-refractivity contribution in [1.82, 2.24) is 0 Å². The topological polar surface area (TPSA) is 37.3 Å². The molecule has 0 aromatic heterocycles. The Morgan fingerprint density at radius 1 is 1.67 bits per heavy atom. The van der Waals surface area contributed by atoms with Gasteiger partial charge in [-0.2, -0.15) is 0 Å². The number of hydrogen-bond acceptors (Lipinski definition) is 1. The predicted octanol–water partition coefficient (Wildman–Crippen LogP) is 1.12. The van der Waals surface area contributed by atoms with Crippen molar-refractivity contribution >= 4 is 5.97 Å². The number of carboxylic acid groups (broad SMARTS) is 1. The van der Waals surface area contributed by atoms with Crippen molar-refractivity contribution in [3.8, 4) is 0 Å². The molecule has 1 rings (SSSR count). The summed E-state index contributed by atoms with van der Waals surface area (Å²) in [5.74, 6) is -4.38. The molecular formula is C5H6F2O2. The monoisotopic (exact) mass is 136 g/mol. The Kier molecular flexibility index (Phi) is 0.896. The van der Waals surface area contributed by atoms with Crippen LogP contribution in [-0.2, 0) is 4.79 Å². The lowest BCUT2D eigenvalue weighted by molar-refractivity contribution is -0.146.